The van der Waals surface area contributed by atoms with Gasteiger partial charge in [0.15, 0.2) is 6.29 Å². The molecule has 14 heavy (non-hydrogen) atoms. The van der Waals surface area contributed by atoms with Crippen LogP contribution in [0.25, 0.3) is 11.0 Å². The second-order valence-electron chi connectivity index (χ2n) is 2.68. The van der Waals surface area contributed by atoms with Gasteiger partial charge in [-0.15, -0.1) is 0 Å². The minimum absolute atomic E-state index is 0.252. The molecule has 2 rings (SSSR count). The van der Waals surface area contributed by atoms with Crippen LogP contribution < -0.4 is 0 Å². The second kappa shape index (κ2) is 3.13. The molecular weight excluding hydrogens is 202 g/mol. The highest BCUT2D eigenvalue weighted by Gasteiger charge is 2.12. The maximum atomic E-state index is 10.7. The third-order valence-corrected chi connectivity index (χ3v) is 2.21. The van der Waals surface area contributed by atoms with Crippen molar-refractivity contribution in [3.63, 3.8) is 0 Å². The normalized spacial score (nSPS) is 10.0. The Labute approximate surface area is 84.1 Å². The van der Waals surface area contributed by atoms with Gasteiger partial charge in [-0.25, -0.2) is 4.98 Å². The van der Waals surface area contributed by atoms with Crippen LogP contribution in [-0.4, -0.2) is 16.3 Å². The maximum Gasteiger partial charge on any atom is 0.152 e. The summed E-state index contributed by atoms with van der Waals surface area (Å²) in [6.07, 6.45) is 3.55. The lowest BCUT2D eigenvalue weighted by molar-refractivity contribution is 0.112. The number of rotatable bonds is 1. The van der Waals surface area contributed by atoms with Gasteiger partial charge in [0.05, 0.1) is 10.6 Å². The topological polar surface area (TPSA) is 69.5 Å². The molecule has 2 aromatic rings. The van der Waals surface area contributed by atoms with Crippen LogP contribution in [0.5, 0.6) is 0 Å². The van der Waals surface area contributed by atoms with Crippen LogP contribution in [0.4, 0.5) is 0 Å². The summed E-state index contributed by atoms with van der Waals surface area (Å²) in [4.78, 5) is 17.4. The molecule has 2 heterocycles. The molecule has 1 N–H and O–H groups in total. The summed E-state index contributed by atoms with van der Waals surface area (Å²) < 4.78 is 0. The van der Waals surface area contributed by atoms with Crippen LogP contribution >= 0.6 is 11.6 Å². The van der Waals surface area contributed by atoms with Gasteiger partial charge in [0, 0.05) is 23.3 Å². The fourth-order valence-corrected chi connectivity index (χ4v) is 1.48. The number of aromatic nitrogens is 2. The highest BCUT2D eigenvalue weighted by molar-refractivity contribution is 6.32. The van der Waals surface area contributed by atoms with E-state index >= 15 is 0 Å². The van der Waals surface area contributed by atoms with Crippen molar-refractivity contribution in [2.24, 2.45) is 0 Å². The van der Waals surface area contributed by atoms with Crippen molar-refractivity contribution in [1.29, 1.82) is 5.26 Å². The van der Waals surface area contributed by atoms with E-state index in [1.165, 1.54) is 12.4 Å². The number of fused-ring (bicyclic) bond motifs is 1. The molecule has 5 heteroatoms. The zero-order chi connectivity index (χ0) is 10.1. The van der Waals surface area contributed by atoms with Gasteiger partial charge in [-0.3, -0.25) is 4.79 Å². The lowest BCUT2D eigenvalue weighted by Gasteiger charge is -1.96. The van der Waals surface area contributed by atoms with Gasteiger partial charge in [-0.1, -0.05) is 11.6 Å². The fraction of sp³-hybridized carbons (Fsp3) is 0. The standard InChI is InChI=1S/C9H4ClN3O/c10-7-3-13-9-8(6(7)1-11)5(4-14)2-12-9/h2-4H,(H,12,13). The van der Waals surface area contributed by atoms with Crippen molar-refractivity contribution in [3.8, 4) is 6.07 Å². The number of nitrogens with zero attached hydrogens (tertiary/aromatic N) is 2. The van der Waals surface area contributed by atoms with Gasteiger partial charge in [0.2, 0.25) is 0 Å². The zero-order valence-electron chi connectivity index (χ0n) is 6.91. The first kappa shape index (κ1) is 8.73. The molecule has 0 aliphatic heterocycles. The molecule has 4 nitrogen and oxygen atoms in total. The van der Waals surface area contributed by atoms with E-state index in [1.807, 2.05) is 6.07 Å². The molecule has 0 saturated heterocycles. The van der Waals surface area contributed by atoms with Gasteiger partial charge in [0.1, 0.15) is 11.7 Å². The monoisotopic (exact) mass is 205 g/mol. The Bertz CT molecular complexity index is 553. The molecule has 0 aliphatic carbocycles. The van der Waals surface area contributed by atoms with Crippen LogP contribution in [-0.2, 0) is 0 Å². The van der Waals surface area contributed by atoms with E-state index < -0.39 is 0 Å². The summed E-state index contributed by atoms with van der Waals surface area (Å²) in [5.41, 5.74) is 1.17. The first-order chi connectivity index (χ1) is 6.77. The van der Waals surface area contributed by atoms with Crippen LogP contribution in [0.1, 0.15) is 15.9 Å². The molecule has 0 aliphatic rings. The van der Waals surface area contributed by atoms with Gasteiger partial charge < -0.3 is 4.98 Å². The average molecular weight is 206 g/mol. The molecule has 0 bridgehead atoms. The summed E-state index contributed by atoms with van der Waals surface area (Å²) in [5.74, 6) is 0. The Morgan fingerprint density at radius 2 is 2.43 bits per heavy atom. The number of hydrogen-bond donors (Lipinski definition) is 1. The number of carbonyl (C=O) groups excluding carboxylic acids is 1. The molecule has 0 saturated carbocycles. The van der Waals surface area contributed by atoms with Gasteiger partial charge in [0.25, 0.3) is 0 Å². The van der Waals surface area contributed by atoms with Crippen molar-refractivity contribution in [3.05, 3.63) is 28.5 Å². The number of pyridine rings is 1. The van der Waals surface area contributed by atoms with Gasteiger partial charge in [-0.2, -0.15) is 5.26 Å². The zero-order valence-corrected chi connectivity index (χ0v) is 7.67. The maximum absolute atomic E-state index is 10.7. The SMILES string of the molecule is N#Cc1c(Cl)cnc2[nH]cc(C=O)c12. The summed E-state index contributed by atoms with van der Waals surface area (Å²) in [6, 6.07) is 1.95. The van der Waals surface area contributed by atoms with Gasteiger partial charge >= 0.3 is 0 Å². The number of H-pyrrole nitrogens is 1. The molecule has 2 aromatic heterocycles. The minimum atomic E-state index is 0.252. The molecule has 0 aromatic carbocycles. The Morgan fingerprint density at radius 1 is 1.64 bits per heavy atom. The van der Waals surface area contributed by atoms with Crippen molar-refractivity contribution >= 4 is 28.9 Å². The molecular formula is C9H4ClN3O. The van der Waals surface area contributed by atoms with E-state index in [9.17, 15) is 4.79 Å². The highest BCUT2D eigenvalue weighted by atomic mass is 35.5. The van der Waals surface area contributed by atoms with Crippen molar-refractivity contribution in [2.75, 3.05) is 0 Å². The first-order valence-electron chi connectivity index (χ1n) is 3.78. The van der Waals surface area contributed by atoms with E-state index in [1.54, 1.807) is 0 Å². The van der Waals surface area contributed by atoms with E-state index in [0.29, 0.717) is 22.9 Å². The quantitative estimate of drug-likeness (QED) is 0.723. The van der Waals surface area contributed by atoms with Crippen molar-refractivity contribution in [1.82, 2.24) is 9.97 Å². The number of nitriles is 1. The molecule has 68 valence electrons. The molecule has 0 unspecified atom stereocenters. The second-order valence-corrected chi connectivity index (χ2v) is 3.09. The summed E-state index contributed by atoms with van der Waals surface area (Å²) in [7, 11) is 0. The number of halogens is 1. The largest absolute Gasteiger partial charge is 0.345 e. The van der Waals surface area contributed by atoms with Crippen LogP contribution in [0.15, 0.2) is 12.4 Å². The molecule has 0 amide bonds. The summed E-state index contributed by atoms with van der Waals surface area (Å²) in [6.45, 7) is 0. The van der Waals surface area contributed by atoms with E-state index in [2.05, 4.69) is 9.97 Å². The number of carbonyl (C=O) groups is 1. The molecule has 0 atom stereocenters. The van der Waals surface area contributed by atoms with E-state index in [-0.39, 0.29) is 10.6 Å². The van der Waals surface area contributed by atoms with Crippen molar-refractivity contribution < 1.29 is 4.79 Å². The third kappa shape index (κ3) is 1.07. The predicted octanol–water partition coefficient (Wildman–Crippen LogP) is 1.90. The Kier molecular flexibility index (Phi) is 1.95. The first-order valence-corrected chi connectivity index (χ1v) is 4.16. The van der Waals surface area contributed by atoms with Crippen LogP contribution in [0.3, 0.4) is 0 Å². The summed E-state index contributed by atoms with van der Waals surface area (Å²) >= 11 is 5.77. The number of nitrogens with one attached hydrogen (secondary N) is 1. The van der Waals surface area contributed by atoms with E-state index in [0.717, 1.165) is 0 Å². The number of hydrogen-bond acceptors (Lipinski definition) is 3. The van der Waals surface area contributed by atoms with Crippen molar-refractivity contribution in [2.45, 2.75) is 0 Å². The summed E-state index contributed by atoms with van der Waals surface area (Å²) in [5, 5.41) is 9.60. The van der Waals surface area contributed by atoms with Crippen LogP contribution in [0.2, 0.25) is 5.02 Å². The third-order valence-electron chi connectivity index (χ3n) is 1.92. The lowest BCUT2D eigenvalue weighted by Crippen LogP contribution is -1.85. The molecule has 0 fully saturated rings. The fourth-order valence-electron chi connectivity index (χ4n) is 1.30. The number of aromatic amines is 1. The Balaban J connectivity index is 2.97. The highest BCUT2D eigenvalue weighted by Crippen LogP contribution is 2.25. The van der Waals surface area contributed by atoms with Crippen LogP contribution in [0, 0.1) is 11.3 Å². The Hall–Kier alpha value is -1.86. The smallest absolute Gasteiger partial charge is 0.152 e. The lowest BCUT2D eigenvalue weighted by atomic mass is 10.1. The van der Waals surface area contributed by atoms with E-state index in [4.69, 9.17) is 16.9 Å². The molecule has 0 radical (unpaired) electrons. The van der Waals surface area contributed by atoms with Gasteiger partial charge in [-0.05, 0) is 0 Å². The molecule has 0 spiro atoms. The predicted molar refractivity (Wildman–Crippen MR) is 51.2 cm³/mol. The minimum Gasteiger partial charge on any atom is -0.345 e. The Morgan fingerprint density at radius 3 is 3.07 bits per heavy atom. The number of aldehydes is 1. The average Bonchev–Trinajstić information content (AvgIpc) is 2.61.